The molecular weight excluding hydrogens is 354 g/mol. The number of carbonyl (C=O) groups is 2. The number of benzene rings is 2. The molecule has 0 unspecified atom stereocenters. The number of likely N-dealkylation sites (N-methyl/N-ethyl adjacent to an activating group) is 1. The van der Waals surface area contributed by atoms with Crippen LogP contribution in [0.15, 0.2) is 48.5 Å². The van der Waals surface area contributed by atoms with Crippen LogP contribution in [-0.2, 0) is 9.59 Å². The summed E-state index contributed by atoms with van der Waals surface area (Å²) in [6, 6.07) is 15.0. The van der Waals surface area contributed by atoms with Gasteiger partial charge in [0.15, 0.2) is 0 Å². The van der Waals surface area contributed by atoms with Gasteiger partial charge in [0.2, 0.25) is 11.8 Å². The molecule has 1 atom stereocenters. The van der Waals surface area contributed by atoms with Crippen molar-refractivity contribution in [2.75, 3.05) is 37.9 Å². The number of hydrogen-bond acceptors (Lipinski definition) is 4. The highest BCUT2D eigenvalue weighted by molar-refractivity contribution is 5.94. The van der Waals surface area contributed by atoms with Gasteiger partial charge in [-0.15, -0.1) is 0 Å². The molecular formula is C22H29N3O3. The van der Waals surface area contributed by atoms with Gasteiger partial charge in [-0.25, -0.2) is 0 Å². The molecule has 150 valence electrons. The van der Waals surface area contributed by atoms with Crippen molar-refractivity contribution in [3.05, 3.63) is 54.1 Å². The van der Waals surface area contributed by atoms with Crippen LogP contribution >= 0.6 is 0 Å². The number of rotatable bonds is 9. The van der Waals surface area contributed by atoms with Gasteiger partial charge >= 0.3 is 0 Å². The summed E-state index contributed by atoms with van der Waals surface area (Å²) in [5, 5.41) is 5.67. The number of ether oxygens (including phenoxy) is 1. The lowest BCUT2D eigenvalue weighted by atomic mass is 9.99. The summed E-state index contributed by atoms with van der Waals surface area (Å²) in [7, 11) is 3.31. The molecule has 0 heterocycles. The normalized spacial score (nSPS) is 11.8. The minimum atomic E-state index is -0.193. The van der Waals surface area contributed by atoms with Gasteiger partial charge in [0.25, 0.3) is 0 Å². The first-order valence-corrected chi connectivity index (χ1v) is 9.43. The first-order valence-electron chi connectivity index (χ1n) is 9.43. The molecule has 0 saturated heterocycles. The zero-order valence-electron chi connectivity index (χ0n) is 17.0. The van der Waals surface area contributed by atoms with Gasteiger partial charge in [-0.2, -0.15) is 0 Å². The second kappa shape index (κ2) is 10.5. The smallest absolute Gasteiger partial charge is 0.238 e. The highest BCUT2D eigenvalue weighted by Crippen LogP contribution is 2.20. The fourth-order valence-corrected chi connectivity index (χ4v) is 2.78. The molecule has 2 rings (SSSR count). The average Bonchev–Trinajstić information content (AvgIpc) is 2.67. The SMILES string of the molecule is CC[C@@H](C)c1ccc(NC(=O)CN(C)CC(=O)Nc2cccc(OC)c2)cc1. The van der Waals surface area contributed by atoms with E-state index in [1.54, 1.807) is 37.3 Å². The molecule has 2 aromatic carbocycles. The molecule has 0 aliphatic rings. The highest BCUT2D eigenvalue weighted by Gasteiger charge is 2.12. The second-order valence-electron chi connectivity index (χ2n) is 6.93. The molecule has 2 aromatic rings. The minimum Gasteiger partial charge on any atom is -0.497 e. The van der Waals surface area contributed by atoms with Gasteiger partial charge in [0.1, 0.15) is 5.75 Å². The number of hydrogen-bond donors (Lipinski definition) is 2. The topological polar surface area (TPSA) is 70.7 Å². The van der Waals surface area contributed by atoms with Crippen molar-refractivity contribution in [2.45, 2.75) is 26.2 Å². The third kappa shape index (κ3) is 6.70. The number of nitrogens with one attached hydrogen (secondary N) is 2. The van der Waals surface area contributed by atoms with E-state index in [1.807, 2.05) is 30.3 Å². The predicted molar refractivity (Wildman–Crippen MR) is 113 cm³/mol. The Morgan fingerprint density at radius 3 is 2.18 bits per heavy atom. The van der Waals surface area contributed by atoms with Gasteiger partial charge in [-0.1, -0.05) is 32.0 Å². The highest BCUT2D eigenvalue weighted by atomic mass is 16.5. The fraction of sp³-hybridized carbons (Fsp3) is 0.364. The van der Waals surface area contributed by atoms with Gasteiger partial charge in [0, 0.05) is 17.4 Å². The van der Waals surface area contributed by atoms with Gasteiger partial charge < -0.3 is 15.4 Å². The van der Waals surface area contributed by atoms with Crippen molar-refractivity contribution in [3.63, 3.8) is 0 Å². The lowest BCUT2D eigenvalue weighted by Gasteiger charge is -2.16. The first kappa shape index (κ1) is 21.4. The van der Waals surface area contributed by atoms with Crippen LogP contribution in [0.3, 0.4) is 0 Å². The third-order valence-electron chi connectivity index (χ3n) is 4.56. The summed E-state index contributed by atoms with van der Waals surface area (Å²) in [5.74, 6) is 0.818. The fourth-order valence-electron chi connectivity index (χ4n) is 2.78. The minimum absolute atomic E-state index is 0.109. The van der Waals surface area contributed by atoms with E-state index in [-0.39, 0.29) is 24.9 Å². The predicted octanol–water partition coefficient (Wildman–Crippen LogP) is 3.72. The van der Waals surface area contributed by atoms with E-state index in [0.29, 0.717) is 17.4 Å². The second-order valence-corrected chi connectivity index (χ2v) is 6.93. The molecule has 2 amide bonds. The van der Waals surface area contributed by atoms with Crippen LogP contribution < -0.4 is 15.4 Å². The summed E-state index contributed by atoms with van der Waals surface area (Å²) in [6.07, 6.45) is 1.08. The van der Waals surface area contributed by atoms with Crippen LogP contribution in [0.1, 0.15) is 31.7 Å². The van der Waals surface area contributed by atoms with Crippen molar-refractivity contribution in [1.82, 2.24) is 4.90 Å². The molecule has 0 radical (unpaired) electrons. The lowest BCUT2D eigenvalue weighted by Crippen LogP contribution is -2.36. The van der Waals surface area contributed by atoms with Crippen molar-refractivity contribution >= 4 is 23.2 Å². The van der Waals surface area contributed by atoms with E-state index in [9.17, 15) is 9.59 Å². The zero-order chi connectivity index (χ0) is 20.5. The van der Waals surface area contributed by atoms with Crippen LogP contribution in [0.4, 0.5) is 11.4 Å². The Morgan fingerprint density at radius 1 is 1.00 bits per heavy atom. The molecule has 6 nitrogen and oxygen atoms in total. The summed E-state index contributed by atoms with van der Waals surface area (Å²) in [6.45, 7) is 4.57. The average molecular weight is 383 g/mol. The summed E-state index contributed by atoms with van der Waals surface area (Å²) in [5.41, 5.74) is 2.67. The Bertz CT molecular complexity index is 790. The number of methoxy groups -OCH3 is 1. The van der Waals surface area contributed by atoms with Crippen molar-refractivity contribution in [1.29, 1.82) is 0 Å². The molecule has 2 N–H and O–H groups in total. The quantitative estimate of drug-likeness (QED) is 0.692. The van der Waals surface area contributed by atoms with E-state index in [1.165, 1.54) is 5.56 Å². The Morgan fingerprint density at radius 2 is 1.61 bits per heavy atom. The molecule has 0 bridgehead atoms. The van der Waals surface area contributed by atoms with Crippen LogP contribution in [0.5, 0.6) is 5.75 Å². The largest absolute Gasteiger partial charge is 0.497 e. The van der Waals surface area contributed by atoms with E-state index < -0.39 is 0 Å². The van der Waals surface area contributed by atoms with Crippen LogP contribution in [-0.4, -0.2) is 44.0 Å². The maximum Gasteiger partial charge on any atom is 0.238 e. The summed E-state index contributed by atoms with van der Waals surface area (Å²) < 4.78 is 5.14. The first-order chi connectivity index (χ1) is 13.4. The third-order valence-corrected chi connectivity index (χ3v) is 4.56. The van der Waals surface area contributed by atoms with Crippen LogP contribution in [0.2, 0.25) is 0 Å². The van der Waals surface area contributed by atoms with Crippen molar-refractivity contribution in [3.8, 4) is 5.75 Å². The number of carbonyl (C=O) groups excluding carboxylic acids is 2. The molecule has 0 aliphatic carbocycles. The Hall–Kier alpha value is -2.86. The molecule has 0 aromatic heterocycles. The molecule has 0 fully saturated rings. The Labute approximate surface area is 166 Å². The Kier molecular flexibility index (Phi) is 8.02. The monoisotopic (exact) mass is 383 g/mol. The Balaban J connectivity index is 1.80. The molecule has 0 saturated carbocycles. The number of anilines is 2. The van der Waals surface area contributed by atoms with E-state index in [4.69, 9.17) is 4.74 Å². The van der Waals surface area contributed by atoms with Crippen molar-refractivity contribution in [2.24, 2.45) is 0 Å². The lowest BCUT2D eigenvalue weighted by molar-refractivity contribution is -0.119. The van der Waals surface area contributed by atoms with E-state index >= 15 is 0 Å². The van der Waals surface area contributed by atoms with E-state index in [2.05, 4.69) is 24.5 Å². The number of nitrogens with zero attached hydrogens (tertiary/aromatic N) is 1. The molecule has 28 heavy (non-hydrogen) atoms. The zero-order valence-corrected chi connectivity index (χ0v) is 17.0. The standard InChI is InChI=1S/C22H29N3O3/c1-5-16(2)17-9-11-18(12-10-17)23-21(26)14-25(3)15-22(27)24-19-7-6-8-20(13-19)28-4/h6-13,16H,5,14-15H2,1-4H3,(H,23,26)(H,24,27)/t16-/m1/s1. The molecule has 0 spiro atoms. The summed E-state index contributed by atoms with van der Waals surface area (Å²) in [4.78, 5) is 26.1. The molecule has 6 heteroatoms. The van der Waals surface area contributed by atoms with E-state index in [0.717, 1.165) is 12.1 Å². The number of amides is 2. The van der Waals surface area contributed by atoms with Gasteiger partial charge in [0.05, 0.1) is 20.2 Å². The van der Waals surface area contributed by atoms with Gasteiger partial charge in [-0.3, -0.25) is 14.5 Å². The maximum absolute atomic E-state index is 12.2. The van der Waals surface area contributed by atoms with Crippen molar-refractivity contribution < 1.29 is 14.3 Å². The molecule has 0 aliphatic heterocycles. The summed E-state index contributed by atoms with van der Waals surface area (Å²) >= 11 is 0. The van der Waals surface area contributed by atoms with Crippen LogP contribution in [0, 0.1) is 0 Å². The van der Waals surface area contributed by atoms with Crippen LogP contribution in [0.25, 0.3) is 0 Å². The maximum atomic E-state index is 12.2. The van der Waals surface area contributed by atoms with Gasteiger partial charge in [-0.05, 0) is 49.2 Å².